The number of carbonyl (C=O) groups excluding carboxylic acids is 2. The molecular formula is C23H22N4O2. The molecule has 0 unspecified atom stereocenters. The first kappa shape index (κ1) is 17.7. The quantitative estimate of drug-likeness (QED) is 0.389. The number of nitrogens with zero attached hydrogens (tertiary/aromatic N) is 2. The lowest BCUT2D eigenvalue weighted by atomic mass is 9.95. The molecule has 5 rings (SSSR count). The highest BCUT2D eigenvalue weighted by Crippen LogP contribution is 2.31. The summed E-state index contributed by atoms with van der Waals surface area (Å²) >= 11 is 0. The van der Waals surface area contributed by atoms with Crippen molar-refractivity contribution in [1.82, 2.24) is 14.5 Å². The number of rotatable bonds is 4. The van der Waals surface area contributed by atoms with E-state index in [1.807, 2.05) is 48.8 Å². The highest BCUT2D eigenvalue weighted by Gasteiger charge is 2.21. The zero-order chi connectivity index (χ0) is 19.8. The van der Waals surface area contributed by atoms with E-state index in [1.54, 1.807) is 6.20 Å². The van der Waals surface area contributed by atoms with Crippen LogP contribution in [0, 0.1) is 0 Å². The van der Waals surface area contributed by atoms with Gasteiger partial charge in [0.25, 0.3) is 11.7 Å². The third-order valence-corrected chi connectivity index (χ3v) is 5.84. The first-order valence-electron chi connectivity index (χ1n) is 10.1. The van der Waals surface area contributed by atoms with Gasteiger partial charge in [0, 0.05) is 28.8 Å². The summed E-state index contributed by atoms with van der Waals surface area (Å²) in [5, 5.41) is 3.47. The molecule has 4 aromatic rings. The Bertz CT molecular complexity index is 1210. The van der Waals surface area contributed by atoms with Crippen LogP contribution in [0.15, 0.2) is 55.0 Å². The number of H-pyrrole nitrogens is 1. The number of imidazole rings is 1. The first-order chi connectivity index (χ1) is 14.2. The van der Waals surface area contributed by atoms with Gasteiger partial charge in [-0.25, -0.2) is 4.98 Å². The van der Waals surface area contributed by atoms with E-state index in [1.165, 1.54) is 32.1 Å². The number of anilines is 1. The summed E-state index contributed by atoms with van der Waals surface area (Å²) in [7, 11) is 0. The number of aromatic nitrogens is 3. The molecule has 0 aliphatic heterocycles. The molecule has 1 saturated carbocycles. The molecule has 2 aromatic carbocycles. The van der Waals surface area contributed by atoms with Crippen molar-refractivity contribution in [2.45, 2.75) is 38.1 Å². The average molecular weight is 386 g/mol. The van der Waals surface area contributed by atoms with Crippen LogP contribution in [0.25, 0.3) is 21.9 Å². The lowest BCUT2D eigenvalue weighted by Crippen LogP contribution is -2.22. The van der Waals surface area contributed by atoms with Crippen LogP contribution in [0.5, 0.6) is 0 Å². The molecule has 2 N–H and O–H groups in total. The molecule has 0 saturated heterocycles. The zero-order valence-corrected chi connectivity index (χ0v) is 16.0. The van der Waals surface area contributed by atoms with Crippen LogP contribution in [0.1, 0.15) is 48.5 Å². The minimum atomic E-state index is -0.652. The molecule has 1 fully saturated rings. The number of aromatic amines is 1. The van der Waals surface area contributed by atoms with Crippen LogP contribution >= 0.6 is 0 Å². The second-order valence-electron chi connectivity index (χ2n) is 7.68. The summed E-state index contributed by atoms with van der Waals surface area (Å²) < 4.78 is 2.25. The Morgan fingerprint density at radius 3 is 2.76 bits per heavy atom. The highest BCUT2D eigenvalue weighted by molar-refractivity contribution is 6.48. The SMILES string of the molecule is O=C(Nc1ccc2c(c1)ncn2C1CCCCC1)C(=O)c1c[nH]c2ccccc12. The van der Waals surface area contributed by atoms with Crippen molar-refractivity contribution in [3.05, 3.63) is 60.6 Å². The summed E-state index contributed by atoms with van der Waals surface area (Å²) in [6, 6.07) is 13.6. The molecule has 6 heteroatoms. The van der Waals surface area contributed by atoms with Gasteiger partial charge in [0.2, 0.25) is 0 Å². The number of carbonyl (C=O) groups is 2. The molecule has 2 aromatic heterocycles. The third kappa shape index (κ3) is 3.20. The van der Waals surface area contributed by atoms with Crippen molar-refractivity contribution in [2.75, 3.05) is 5.32 Å². The Balaban J connectivity index is 1.37. The fourth-order valence-corrected chi connectivity index (χ4v) is 4.33. The number of hydrogen-bond acceptors (Lipinski definition) is 3. The van der Waals surface area contributed by atoms with Crippen molar-refractivity contribution in [3.8, 4) is 0 Å². The molecule has 0 atom stereocenters. The van der Waals surface area contributed by atoms with Gasteiger partial charge in [0.15, 0.2) is 0 Å². The molecule has 1 aliphatic carbocycles. The number of Topliss-reactive ketones (excluding diaryl/α,β-unsaturated/α-hetero) is 1. The van der Waals surface area contributed by atoms with E-state index in [0.29, 0.717) is 17.3 Å². The molecule has 0 bridgehead atoms. The zero-order valence-electron chi connectivity index (χ0n) is 16.0. The van der Waals surface area contributed by atoms with E-state index in [-0.39, 0.29) is 0 Å². The van der Waals surface area contributed by atoms with Gasteiger partial charge in [-0.1, -0.05) is 37.5 Å². The number of ketones is 1. The predicted octanol–water partition coefficient (Wildman–Crippen LogP) is 4.84. The van der Waals surface area contributed by atoms with Gasteiger partial charge in [-0.3, -0.25) is 9.59 Å². The Morgan fingerprint density at radius 2 is 1.90 bits per heavy atom. The van der Waals surface area contributed by atoms with E-state index in [0.717, 1.165) is 21.9 Å². The van der Waals surface area contributed by atoms with E-state index in [2.05, 4.69) is 19.9 Å². The minimum absolute atomic E-state index is 0.376. The maximum atomic E-state index is 12.6. The van der Waals surface area contributed by atoms with Gasteiger partial charge in [-0.2, -0.15) is 0 Å². The Labute approximate surface area is 167 Å². The third-order valence-electron chi connectivity index (χ3n) is 5.84. The van der Waals surface area contributed by atoms with Crippen molar-refractivity contribution in [1.29, 1.82) is 0 Å². The van der Waals surface area contributed by atoms with E-state index >= 15 is 0 Å². The Hall–Kier alpha value is -3.41. The van der Waals surface area contributed by atoms with E-state index in [9.17, 15) is 9.59 Å². The van der Waals surface area contributed by atoms with Gasteiger partial charge >= 0.3 is 0 Å². The fraction of sp³-hybridized carbons (Fsp3) is 0.261. The topological polar surface area (TPSA) is 79.8 Å². The number of amides is 1. The standard InChI is InChI=1S/C23H22N4O2/c28-22(18-13-24-19-9-5-4-8-17(18)19)23(29)26-15-10-11-21-20(12-15)25-14-27(21)16-6-2-1-3-7-16/h4-5,8-14,16,24H,1-3,6-7H2,(H,26,29). The summed E-state index contributed by atoms with van der Waals surface area (Å²) in [6.45, 7) is 0. The summed E-state index contributed by atoms with van der Waals surface area (Å²) in [5.74, 6) is -1.21. The van der Waals surface area contributed by atoms with Crippen LogP contribution < -0.4 is 5.32 Å². The summed E-state index contributed by atoms with van der Waals surface area (Å²) in [5.41, 5.74) is 3.68. The van der Waals surface area contributed by atoms with Gasteiger partial charge in [-0.05, 0) is 37.1 Å². The van der Waals surface area contributed by atoms with Crippen molar-refractivity contribution < 1.29 is 9.59 Å². The maximum Gasteiger partial charge on any atom is 0.296 e. The smallest absolute Gasteiger partial charge is 0.296 e. The van der Waals surface area contributed by atoms with Crippen LogP contribution in [0.4, 0.5) is 5.69 Å². The summed E-state index contributed by atoms with van der Waals surface area (Å²) in [4.78, 5) is 32.7. The normalized spacial score (nSPS) is 15.0. The molecule has 0 spiro atoms. The lowest BCUT2D eigenvalue weighted by molar-refractivity contribution is -0.112. The number of hydrogen-bond donors (Lipinski definition) is 2. The monoisotopic (exact) mass is 386 g/mol. The van der Waals surface area contributed by atoms with Crippen LogP contribution in [-0.4, -0.2) is 26.2 Å². The molecule has 0 radical (unpaired) electrons. The second kappa shape index (κ2) is 7.20. The average Bonchev–Trinajstić information content (AvgIpc) is 3.38. The molecule has 6 nitrogen and oxygen atoms in total. The molecule has 1 aliphatic rings. The van der Waals surface area contributed by atoms with Gasteiger partial charge < -0.3 is 14.9 Å². The van der Waals surface area contributed by atoms with Gasteiger partial charge in [-0.15, -0.1) is 0 Å². The van der Waals surface area contributed by atoms with Crippen molar-refractivity contribution >= 4 is 39.3 Å². The molecule has 2 heterocycles. The Kier molecular flexibility index (Phi) is 4.39. The minimum Gasteiger partial charge on any atom is -0.360 e. The number of fused-ring (bicyclic) bond motifs is 2. The highest BCUT2D eigenvalue weighted by atomic mass is 16.2. The number of nitrogens with one attached hydrogen (secondary N) is 2. The fourth-order valence-electron chi connectivity index (χ4n) is 4.33. The second-order valence-corrected chi connectivity index (χ2v) is 7.68. The molecule has 146 valence electrons. The first-order valence-corrected chi connectivity index (χ1v) is 10.1. The van der Waals surface area contributed by atoms with E-state index < -0.39 is 11.7 Å². The van der Waals surface area contributed by atoms with E-state index in [4.69, 9.17) is 0 Å². The van der Waals surface area contributed by atoms with Gasteiger partial charge in [0.05, 0.1) is 22.9 Å². The summed E-state index contributed by atoms with van der Waals surface area (Å²) in [6.07, 6.45) is 9.67. The largest absolute Gasteiger partial charge is 0.360 e. The predicted molar refractivity (Wildman–Crippen MR) is 113 cm³/mol. The number of benzene rings is 2. The van der Waals surface area contributed by atoms with Crippen LogP contribution in [0.3, 0.4) is 0 Å². The van der Waals surface area contributed by atoms with Crippen molar-refractivity contribution in [3.63, 3.8) is 0 Å². The Morgan fingerprint density at radius 1 is 1.07 bits per heavy atom. The maximum absolute atomic E-state index is 12.6. The van der Waals surface area contributed by atoms with Crippen LogP contribution in [-0.2, 0) is 4.79 Å². The van der Waals surface area contributed by atoms with Gasteiger partial charge in [0.1, 0.15) is 0 Å². The molecular weight excluding hydrogens is 364 g/mol. The molecule has 29 heavy (non-hydrogen) atoms. The van der Waals surface area contributed by atoms with Crippen molar-refractivity contribution in [2.24, 2.45) is 0 Å². The number of para-hydroxylation sites is 1. The molecule has 1 amide bonds. The van der Waals surface area contributed by atoms with Crippen LogP contribution in [0.2, 0.25) is 0 Å². The lowest BCUT2D eigenvalue weighted by Gasteiger charge is -2.23.